The van der Waals surface area contributed by atoms with Gasteiger partial charge in [-0.2, -0.15) is 0 Å². The molecule has 2 aliphatic rings. The first kappa shape index (κ1) is 37.3. The first-order valence-electron chi connectivity index (χ1n) is 22.3. The average molecular weight is 806 g/mol. The third-order valence-electron chi connectivity index (χ3n) is 14.4. The Labute approximate surface area is 370 Å². The Hall–Kier alpha value is -7.48. The normalized spacial score (nSPS) is 15.5. The van der Waals surface area contributed by atoms with Gasteiger partial charge in [-0.25, -0.2) is 0 Å². The molecule has 2 aliphatic carbocycles. The third-order valence-corrected chi connectivity index (χ3v) is 14.4. The van der Waals surface area contributed by atoms with Crippen LogP contribution in [0.1, 0.15) is 58.4 Å². The van der Waals surface area contributed by atoms with Gasteiger partial charge in [0.05, 0.1) is 16.8 Å². The van der Waals surface area contributed by atoms with Crippen LogP contribution in [-0.4, -0.2) is 0 Å². The van der Waals surface area contributed by atoms with Gasteiger partial charge >= 0.3 is 0 Å². The Morgan fingerprint density at radius 1 is 0.365 bits per heavy atom. The Bertz CT molecular complexity index is 3440. The van der Waals surface area contributed by atoms with E-state index in [1.807, 2.05) is 0 Å². The molecule has 0 bridgehead atoms. The van der Waals surface area contributed by atoms with Crippen LogP contribution >= 0.6 is 0 Å². The second kappa shape index (κ2) is 14.0. The van der Waals surface area contributed by atoms with Crippen LogP contribution in [0.4, 0.5) is 17.1 Å². The molecule has 0 saturated carbocycles. The highest BCUT2D eigenvalue weighted by atomic mass is 15.1. The Morgan fingerprint density at radius 3 is 1.75 bits per heavy atom. The number of hydrogen-bond acceptors (Lipinski definition) is 1. The Balaban J connectivity index is 1.17. The van der Waals surface area contributed by atoms with Gasteiger partial charge in [0, 0.05) is 22.1 Å². The molecule has 63 heavy (non-hydrogen) atoms. The lowest BCUT2D eigenvalue weighted by molar-refractivity contribution is 0.660. The van der Waals surface area contributed by atoms with Crippen molar-refractivity contribution < 1.29 is 0 Å². The van der Waals surface area contributed by atoms with Crippen molar-refractivity contribution in [1.29, 1.82) is 0 Å². The van der Waals surface area contributed by atoms with Crippen LogP contribution in [0.3, 0.4) is 0 Å². The van der Waals surface area contributed by atoms with E-state index >= 15 is 0 Å². The number of fused-ring (bicyclic) bond motifs is 8. The van der Waals surface area contributed by atoms with Crippen molar-refractivity contribution in [3.8, 4) is 33.4 Å². The zero-order valence-electron chi connectivity index (χ0n) is 36.2. The van der Waals surface area contributed by atoms with E-state index in [1.165, 1.54) is 105 Å². The summed E-state index contributed by atoms with van der Waals surface area (Å²) < 4.78 is 0. The maximum Gasteiger partial charge on any atom is 0.0734 e. The summed E-state index contributed by atoms with van der Waals surface area (Å²) in [6.07, 6.45) is 0. The molecule has 1 heteroatoms. The maximum absolute atomic E-state index is 2.58. The maximum atomic E-state index is 2.58. The Morgan fingerprint density at radius 2 is 0.937 bits per heavy atom. The number of rotatable bonds is 6. The highest BCUT2D eigenvalue weighted by molar-refractivity contribution is 6.03. The van der Waals surface area contributed by atoms with Gasteiger partial charge in [0.25, 0.3) is 0 Å². The standard InChI is InChI=1S/C62H47N/c1-40-37-54-53-27-16-30-59(63(58-29-15-20-43-18-9-11-24-50(43)58)47-35-36-52-51-25-12-13-28-55(51)61(3,4)56(52)39-47)60(53)62(57(54)38-41(40)2,45-21-6-5-7-22-45)46-33-31-44(32-34-46)49-26-14-19-42-17-8-10-23-48(42)49/h5-39H,1-4H3. The van der Waals surface area contributed by atoms with Gasteiger partial charge in [0.1, 0.15) is 0 Å². The quantitative estimate of drug-likeness (QED) is 0.162. The fourth-order valence-electron chi connectivity index (χ4n) is 11.3. The van der Waals surface area contributed by atoms with E-state index in [0.717, 1.165) is 11.4 Å². The molecule has 10 aromatic carbocycles. The lowest BCUT2D eigenvalue weighted by Crippen LogP contribution is -2.30. The predicted octanol–water partition coefficient (Wildman–Crippen LogP) is 16.4. The summed E-state index contributed by atoms with van der Waals surface area (Å²) >= 11 is 0. The summed E-state index contributed by atoms with van der Waals surface area (Å²) in [6.45, 7) is 9.29. The second-order valence-corrected chi connectivity index (χ2v) is 18.1. The lowest BCUT2D eigenvalue weighted by atomic mass is 9.66. The van der Waals surface area contributed by atoms with Gasteiger partial charge in [-0.3, -0.25) is 0 Å². The SMILES string of the molecule is Cc1cc2c(cc1C)C(c1ccccc1)(c1ccc(-c3cccc4ccccc34)cc1)c1c-2cccc1N(c1ccc2c(c1)C(C)(C)c1ccccc1-2)c1cccc2ccccc12. The van der Waals surface area contributed by atoms with Crippen LogP contribution in [0.15, 0.2) is 212 Å². The lowest BCUT2D eigenvalue weighted by Gasteiger charge is -2.38. The van der Waals surface area contributed by atoms with E-state index in [4.69, 9.17) is 0 Å². The number of nitrogens with zero attached hydrogens (tertiary/aromatic N) is 1. The molecule has 0 spiro atoms. The van der Waals surface area contributed by atoms with Gasteiger partial charge in [-0.15, -0.1) is 0 Å². The van der Waals surface area contributed by atoms with Crippen LogP contribution < -0.4 is 4.90 Å². The molecule has 0 saturated heterocycles. The molecule has 1 atom stereocenters. The molecule has 1 nitrogen and oxygen atoms in total. The van der Waals surface area contributed by atoms with E-state index < -0.39 is 5.41 Å². The fourth-order valence-corrected chi connectivity index (χ4v) is 11.3. The summed E-state index contributed by atoms with van der Waals surface area (Å²) in [6, 6.07) is 79.9. The average Bonchev–Trinajstić information content (AvgIpc) is 3.74. The molecule has 1 unspecified atom stereocenters. The summed E-state index contributed by atoms with van der Waals surface area (Å²) in [5, 5.41) is 4.95. The van der Waals surface area contributed by atoms with Gasteiger partial charge in [0.2, 0.25) is 0 Å². The zero-order chi connectivity index (χ0) is 42.5. The third kappa shape index (κ3) is 5.42. The molecule has 0 aliphatic heterocycles. The van der Waals surface area contributed by atoms with Crippen molar-refractivity contribution in [3.05, 3.63) is 257 Å². The minimum Gasteiger partial charge on any atom is -0.310 e. The smallest absolute Gasteiger partial charge is 0.0734 e. The van der Waals surface area contributed by atoms with Crippen LogP contribution in [-0.2, 0) is 10.8 Å². The van der Waals surface area contributed by atoms with Crippen LogP contribution in [0.5, 0.6) is 0 Å². The molecular formula is C62H47N. The molecule has 10 aromatic rings. The number of benzene rings is 10. The molecule has 12 rings (SSSR count). The highest BCUT2D eigenvalue weighted by Crippen LogP contribution is 2.61. The zero-order valence-corrected chi connectivity index (χ0v) is 36.2. The van der Waals surface area contributed by atoms with E-state index in [1.54, 1.807) is 0 Å². The topological polar surface area (TPSA) is 3.24 Å². The van der Waals surface area contributed by atoms with E-state index in [-0.39, 0.29) is 5.41 Å². The molecule has 0 aromatic heterocycles. The summed E-state index contributed by atoms with van der Waals surface area (Å²) in [5.74, 6) is 0. The van der Waals surface area contributed by atoms with Gasteiger partial charge in [-0.1, -0.05) is 202 Å². The molecular weight excluding hydrogens is 759 g/mol. The fraction of sp³-hybridized carbons (Fsp3) is 0.0968. The van der Waals surface area contributed by atoms with Crippen molar-refractivity contribution >= 4 is 38.6 Å². The minimum atomic E-state index is -0.646. The van der Waals surface area contributed by atoms with Gasteiger partial charge < -0.3 is 4.90 Å². The van der Waals surface area contributed by atoms with Crippen molar-refractivity contribution in [2.24, 2.45) is 0 Å². The number of aryl methyl sites for hydroxylation is 2. The second-order valence-electron chi connectivity index (χ2n) is 18.1. The number of hydrogen-bond donors (Lipinski definition) is 0. The monoisotopic (exact) mass is 805 g/mol. The van der Waals surface area contributed by atoms with E-state index in [9.17, 15) is 0 Å². The molecule has 0 radical (unpaired) electrons. The molecule has 300 valence electrons. The molecule has 0 N–H and O–H groups in total. The van der Waals surface area contributed by atoms with Crippen molar-refractivity contribution in [3.63, 3.8) is 0 Å². The number of anilines is 3. The van der Waals surface area contributed by atoms with Crippen molar-refractivity contribution in [2.75, 3.05) is 4.90 Å². The summed E-state index contributed by atoms with van der Waals surface area (Å²) in [4.78, 5) is 2.58. The van der Waals surface area contributed by atoms with Crippen LogP contribution in [0.25, 0.3) is 54.9 Å². The molecule has 0 fully saturated rings. The first-order valence-corrected chi connectivity index (χ1v) is 22.3. The largest absolute Gasteiger partial charge is 0.310 e. The van der Waals surface area contributed by atoms with Crippen molar-refractivity contribution in [1.82, 2.24) is 0 Å². The summed E-state index contributed by atoms with van der Waals surface area (Å²) in [7, 11) is 0. The Kier molecular flexibility index (Phi) is 8.30. The van der Waals surface area contributed by atoms with Gasteiger partial charge in [0.15, 0.2) is 0 Å². The first-order chi connectivity index (χ1) is 30.8. The van der Waals surface area contributed by atoms with E-state index in [2.05, 4.69) is 245 Å². The van der Waals surface area contributed by atoms with Crippen molar-refractivity contribution in [2.45, 2.75) is 38.5 Å². The molecule has 0 amide bonds. The van der Waals surface area contributed by atoms with E-state index in [0.29, 0.717) is 0 Å². The van der Waals surface area contributed by atoms with Gasteiger partial charge in [-0.05, 0) is 127 Å². The van der Waals surface area contributed by atoms with Crippen LogP contribution in [0, 0.1) is 13.8 Å². The highest BCUT2D eigenvalue weighted by Gasteiger charge is 2.49. The van der Waals surface area contributed by atoms with Crippen LogP contribution in [0.2, 0.25) is 0 Å². The predicted molar refractivity (Wildman–Crippen MR) is 266 cm³/mol. The summed E-state index contributed by atoms with van der Waals surface area (Å²) in [5.41, 5.74) is 20.8. The molecule has 0 heterocycles. The minimum absolute atomic E-state index is 0.157.